The van der Waals surface area contributed by atoms with Crippen molar-refractivity contribution in [3.05, 3.63) is 11.3 Å². The molecule has 2 N–H and O–H groups in total. The third-order valence-corrected chi connectivity index (χ3v) is 2.23. The molecular weight excluding hydrogens is 210 g/mol. The Morgan fingerprint density at radius 1 is 1.38 bits per heavy atom. The Labute approximate surface area is 93.6 Å². The van der Waals surface area contributed by atoms with E-state index in [1.54, 1.807) is 6.92 Å². The van der Waals surface area contributed by atoms with Crippen LogP contribution in [0.1, 0.15) is 32.6 Å². The van der Waals surface area contributed by atoms with Crippen LogP contribution in [0.4, 0.5) is 4.79 Å². The summed E-state index contributed by atoms with van der Waals surface area (Å²) in [4.78, 5) is 22.0. The Morgan fingerprint density at radius 3 is 2.69 bits per heavy atom. The minimum absolute atomic E-state index is 0.322. The third-order valence-electron chi connectivity index (χ3n) is 2.23. The van der Waals surface area contributed by atoms with E-state index in [9.17, 15) is 9.59 Å². The van der Waals surface area contributed by atoms with Crippen molar-refractivity contribution in [1.29, 1.82) is 0 Å². The molecule has 0 saturated heterocycles. The second-order valence-corrected chi connectivity index (χ2v) is 3.39. The average Bonchev–Trinajstić information content (AvgIpc) is 2.27. The second-order valence-electron chi connectivity index (χ2n) is 3.39. The number of hydrogen-bond acceptors (Lipinski definition) is 4. The first-order valence-electron chi connectivity index (χ1n) is 5.25. The van der Waals surface area contributed by atoms with Crippen molar-refractivity contribution in [1.82, 2.24) is 0 Å². The molecular formula is C10H15N3O3. The summed E-state index contributed by atoms with van der Waals surface area (Å²) in [6.45, 7) is 2.06. The van der Waals surface area contributed by atoms with Crippen LogP contribution in [0.5, 0.6) is 0 Å². The lowest BCUT2D eigenvalue weighted by molar-refractivity contribution is -0.138. The number of esters is 1. The average molecular weight is 225 g/mol. The summed E-state index contributed by atoms with van der Waals surface area (Å²) in [6.07, 6.45) is 3.09. The van der Waals surface area contributed by atoms with Crippen molar-refractivity contribution in [3.8, 4) is 0 Å². The van der Waals surface area contributed by atoms with Crippen LogP contribution in [0.15, 0.2) is 21.5 Å². The normalized spacial score (nSPS) is 16.6. The lowest BCUT2D eigenvalue weighted by atomic mass is 9.97. The Morgan fingerprint density at radius 2 is 2.06 bits per heavy atom. The van der Waals surface area contributed by atoms with Crippen molar-refractivity contribution in [2.45, 2.75) is 32.6 Å². The number of carbonyl (C=O) groups excluding carboxylic acids is 2. The molecule has 88 valence electrons. The Balaban J connectivity index is 2.86. The maximum Gasteiger partial charge on any atom is 0.356 e. The number of azo groups is 1. The number of hydrogen-bond donors (Lipinski definition) is 1. The van der Waals surface area contributed by atoms with E-state index in [0.29, 0.717) is 30.7 Å². The molecule has 1 aliphatic rings. The van der Waals surface area contributed by atoms with Crippen LogP contribution in [-0.4, -0.2) is 18.6 Å². The first-order valence-corrected chi connectivity index (χ1v) is 5.25. The topological polar surface area (TPSA) is 94.1 Å². The van der Waals surface area contributed by atoms with E-state index in [1.165, 1.54) is 0 Å². The molecule has 0 aromatic rings. The van der Waals surface area contributed by atoms with Crippen molar-refractivity contribution in [2.75, 3.05) is 6.61 Å². The van der Waals surface area contributed by atoms with Crippen LogP contribution in [0.3, 0.4) is 0 Å². The zero-order valence-corrected chi connectivity index (χ0v) is 9.23. The van der Waals surface area contributed by atoms with Gasteiger partial charge in [0, 0.05) is 0 Å². The molecule has 0 aromatic carbocycles. The molecule has 0 bridgehead atoms. The first kappa shape index (κ1) is 12.4. The summed E-state index contributed by atoms with van der Waals surface area (Å²) >= 11 is 0. The summed E-state index contributed by atoms with van der Waals surface area (Å²) < 4.78 is 4.90. The highest BCUT2D eigenvalue weighted by Crippen LogP contribution is 2.26. The van der Waals surface area contributed by atoms with Gasteiger partial charge in [0.15, 0.2) is 0 Å². The maximum absolute atomic E-state index is 11.6. The van der Waals surface area contributed by atoms with Crippen LogP contribution in [0, 0.1) is 0 Å². The summed E-state index contributed by atoms with van der Waals surface area (Å²) in [5.41, 5.74) is 5.88. The van der Waals surface area contributed by atoms with E-state index in [-0.39, 0.29) is 5.97 Å². The summed E-state index contributed by atoms with van der Waals surface area (Å²) in [7, 11) is 0. The number of rotatable bonds is 3. The fraction of sp³-hybridized carbons (Fsp3) is 0.600. The van der Waals surface area contributed by atoms with Gasteiger partial charge < -0.3 is 10.5 Å². The zero-order chi connectivity index (χ0) is 12.0. The molecule has 6 nitrogen and oxygen atoms in total. The largest absolute Gasteiger partial charge is 0.463 e. The highest BCUT2D eigenvalue weighted by Gasteiger charge is 2.20. The van der Waals surface area contributed by atoms with Crippen molar-refractivity contribution in [2.24, 2.45) is 16.0 Å². The number of urea groups is 1. The molecule has 0 spiro atoms. The molecule has 0 fully saturated rings. The SMILES string of the molecule is CCOC(=O)C1=C(N=NC(N)=O)CCCC1. The number of nitrogens with two attached hydrogens (primary N) is 1. The molecule has 0 radical (unpaired) electrons. The number of carbonyl (C=O) groups is 2. The minimum Gasteiger partial charge on any atom is -0.463 e. The summed E-state index contributed by atoms with van der Waals surface area (Å²) in [5, 5.41) is 6.94. The van der Waals surface area contributed by atoms with Gasteiger partial charge in [-0.3, -0.25) is 0 Å². The van der Waals surface area contributed by atoms with Crippen molar-refractivity contribution < 1.29 is 14.3 Å². The van der Waals surface area contributed by atoms with Gasteiger partial charge in [-0.25, -0.2) is 9.59 Å². The van der Waals surface area contributed by atoms with Crippen molar-refractivity contribution >= 4 is 12.0 Å². The molecule has 0 saturated carbocycles. The highest BCUT2D eigenvalue weighted by molar-refractivity contribution is 5.89. The standard InChI is InChI=1S/C10H15N3O3/c1-2-16-9(14)7-5-3-4-6-8(7)12-13-10(11)15/h2-6H2,1H3,(H2,11,15). The fourth-order valence-electron chi connectivity index (χ4n) is 1.55. The van der Waals surface area contributed by atoms with Gasteiger partial charge in [-0.2, -0.15) is 0 Å². The maximum atomic E-state index is 11.6. The van der Waals surface area contributed by atoms with Crippen LogP contribution in [0.25, 0.3) is 0 Å². The van der Waals surface area contributed by atoms with E-state index in [0.717, 1.165) is 12.8 Å². The van der Waals surface area contributed by atoms with E-state index in [1.807, 2.05) is 0 Å². The van der Waals surface area contributed by atoms with Gasteiger partial charge in [0.1, 0.15) is 0 Å². The first-order chi connectivity index (χ1) is 7.65. The van der Waals surface area contributed by atoms with Gasteiger partial charge in [-0.05, 0) is 32.6 Å². The van der Waals surface area contributed by atoms with E-state index in [4.69, 9.17) is 10.5 Å². The Kier molecular flexibility index (Phi) is 4.63. The molecule has 0 aromatic heterocycles. The quantitative estimate of drug-likeness (QED) is 0.587. The van der Waals surface area contributed by atoms with Crippen LogP contribution in [0.2, 0.25) is 0 Å². The monoisotopic (exact) mass is 225 g/mol. The zero-order valence-electron chi connectivity index (χ0n) is 9.23. The molecule has 16 heavy (non-hydrogen) atoms. The predicted molar refractivity (Wildman–Crippen MR) is 56.6 cm³/mol. The predicted octanol–water partition coefficient (Wildman–Crippen LogP) is 1.91. The van der Waals surface area contributed by atoms with Gasteiger partial charge in [-0.1, -0.05) is 5.11 Å². The van der Waals surface area contributed by atoms with Crippen LogP contribution < -0.4 is 5.73 Å². The molecule has 1 rings (SSSR count). The number of primary amides is 1. The van der Waals surface area contributed by atoms with E-state index in [2.05, 4.69) is 10.2 Å². The molecule has 0 unspecified atom stereocenters. The number of allylic oxidation sites excluding steroid dienone is 1. The minimum atomic E-state index is -0.860. The van der Waals surface area contributed by atoms with E-state index < -0.39 is 6.03 Å². The number of nitrogens with zero attached hydrogens (tertiary/aromatic N) is 2. The molecule has 0 heterocycles. The molecule has 6 heteroatoms. The number of ether oxygens (including phenoxy) is 1. The Hall–Kier alpha value is -1.72. The molecule has 0 aliphatic heterocycles. The highest BCUT2D eigenvalue weighted by atomic mass is 16.5. The van der Waals surface area contributed by atoms with Gasteiger partial charge in [0.05, 0.1) is 17.9 Å². The molecule has 2 amide bonds. The third kappa shape index (κ3) is 3.45. The fourth-order valence-corrected chi connectivity index (χ4v) is 1.55. The van der Waals surface area contributed by atoms with Crippen molar-refractivity contribution in [3.63, 3.8) is 0 Å². The number of amides is 2. The Bertz CT molecular complexity index is 347. The van der Waals surface area contributed by atoms with Crippen LogP contribution >= 0.6 is 0 Å². The van der Waals surface area contributed by atoms with Gasteiger partial charge in [0.2, 0.25) is 0 Å². The second kappa shape index (κ2) is 5.99. The lowest BCUT2D eigenvalue weighted by Gasteiger charge is -2.14. The molecule has 1 aliphatic carbocycles. The van der Waals surface area contributed by atoms with Crippen LogP contribution in [-0.2, 0) is 9.53 Å². The van der Waals surface area contributed by atoms with E-state index >= 15 is 0 Å². The lowest BCUT2D eigenvalue weighted by Crippen LogP contribution is -2.13. The smallest absolute Gasteiger partial charge is 0.356 e. The van der Waals surface area contributed by atoms with Gasteiger partial charge in [-0.15, -0.1) is 5.11 Å². The van der Waals surface area contributed by atoms with Gasteiger partial charge in [0.25, 0.3) is 0 Å². The summed E-state index contributed by atoms with van der Waals surface area (Å²) in [6, 6.07) is -0.860. The summed E-state index contributed by atoms with van der Waals surface area (Å²) in [5.74, 6) is -0.374. The van der Waals surface area contributed by atoms with Gasteiger partial charge >= 0.3 is 12.0 Å². The molecule has 0 atom stereocenters.